The van der Waals surface area contributed by atoms with Crippen LogP contribution < -0.4 is 0 Å². The quantitative estimate of drug-likeness (QED) is 0.590. The van der Waals surface area contributed by atoms with Gasteiger partial charge in [-0.15, -0.1) is 0 Å². The molecule has 16 heavy (non-hydrogen) atoms. The Bertz CT molecular complexity index is 238. The normalized spacial score (nSPS) is 33.0. The molecule has 3 heteroatoms. The van der Waals surface area contributed by atoms with Gasteiger partial charge in [-0.1, -0.05) is 19.3 Å². The standard InChI is InChI=1S/C13H22O3/c1-2-5-9-12(8-4-1)14-13(16-15-12)10-6-3-7-11-13/h1-11H2. The minimum Gasteiger partial charge on any atom is -0.312 e. The van der Waals surface area contributed by atoms with Gasteiger partial charge in [-0.25, -0.2) is 0 Å². The van der Waals surface area contributed by atoms with Crippen molar-refractivity contribution in [2.45, 2.75) is 82.2 Å². The van der Waals surface area contributed by atoms with Gasteiger partial charge < -0.3 is 4.74 Å². The van der Waals surface area contributed by atoms with Gasteiger partial charge in [0.15, 0.2) is 0 Å². The molecule has 3 rings (SSSR count). The highest BCUT2D eigenvalue weighted by atomic mass is 17.3. The molecule has 0 amide bonds. The molecule has 1 aliphatic heterocycles. The fourth-order valence-corrected chi connectivity index (χ4v) is 3.25. The largest absolute Gasteiger partial charge is 0.312 e. The summed E-state index contributed by atoms with van der Waals surface area (Å²) in [7, 11) is 0. The van der Waals surface area contributed by atoms with Crippen LogP contribution >= 0.6 is 0 Å². The zero-order valence-corrected chi connectivity index (χ0v) is 10.0. The number of hydrogen-bond acceptors (Lipinski definition) is 3. The second kappa shape index (κ2) is 4.28. The van der Waals surface area contributed by atoms with Crippen LogP contribution in [0.1, 0.15) is 70.6 Å². The first-order chi connectivity index (χ1) is 7.83. The van der Waals surface area contributed by atoms with Crippen LogP contribution in [0.25, 0.3) is 0 Å². The molecule has 0 atom stereocenters. The summed E-state index contributed by atoms with van der Waals surface area (Å²) in [6.07, 6.45) is 12.8. The van der Waals surface area contributed by atoms with E-state index in [-0.39, 0.29) is 5.79 Å². The van der Waals surface area contributed by atoms with Gasteiger partial charge in [0.25, 0.3) is 0 Å². The highest BCUT2D eigenvalue weighted by molar-refractivity contribution is 4.84. The third-order valence-corrected chi connectivity index (χ3v) is 4.20. The Morgan fingerprint density at radius 3 is 1.31 bits per heavy atom. The van der Waals surface area contributed by atoms with Gasteiger partial charge in [-0.2, -0.15) is 9.78 Å². The molecule has 0 bridgehead atoms. The van der Waals surface area contributed by atoms with Crippen LogP contribution in [-0.4, -0.2) is 11.6 Å². The maximum Gasteiger partial charge on any atom is 0.204 e. The molecule has 3 aliphatic rings. The smallest absolute Gasteiger partial charge is 0.204 e. The number of rotatable bonds is 0. The lowest BCUT2D eigenvalue weighted by Gasteiger charge is -2.31. The van der Waals surface area contributed by atoms with Gasteiger partial charge in [0.1, 0.15) is 0 Å². The van der Waals surface area contributed by atoms with E-state index in [1.54, 1.807) is 0 Å². The predicted octanol–water partition coefficient (Wildman–Crippen LogP) is 3.68. The van der Waals surface area contributed by atoms with Crippen LogP contribution in [0.15, 0.2) is 0 Å². The molecule has 0 aromatic heterocycles. The molecule has 1 saturated heterocycles. The summed E-state index contributed by atoms with van der Waals surface area (Å²) in [6.45, 7) is 0. The summed E-state index contributed by atoms with van der Waals surface area (Å²) in [5, 5.41) is 0. The molecule has 0 N–H and O–H groups in total. The first-order valence-electron chi connectivity index (χ1n) is 6.90. The minimum absolute atomic E-state index is 0.386. The Kier molecular flexibility index (Phi) is 2.94. The average Bonchev–Trinajstić information content (AvgIpc) is 2.50. The zero-order chi connectivity index (χ0) is 10.9. The Labute approximate surface area is 97.4 Å². The molecule has 0 aromatic carbocycles. The summed E-state index contributed by atoms with van der Waals surface area (Å²) in [5.41, 5.74) is 0. The fraction of sp³-hybridized carbons (Fsp3) is 1.00. The molecule has 0 radical (unpaired) electrons. The summed E-state index contributed by atoms with van der Waals surface area (Å²) < 4.78 is 6.25. The number of hydrogen-bond donors (Lipinski definition) is 0. The first-order valence-corrected chi connectivity index (χ1v) is 6.90. The van der Waals surface area contributed by atoms with E-state index in [0.717, 1.165) is 25.7 Å². The molecule has 2 spiro atoms. The van der Waals surface area contributed by atoms with Crippen molar-refractivity contribution in [2.24, 2.45) is 0 Å². The van der Waals surface area contributed by atoms with E-state index in [4.69, 9.17) is 14.5 Å². The molecule has 1 heterocycles. The van der Waals surface area contributed by atoms with Crippen molar-refractivity contribution in [3.05, 3.63) is 0 Å². The Hall–Kier alpha value is -0.120. The summed E-state index contributed by atoms with van der Waals surface area (Å²) in [6, 6.07) is 0. The molecule has 3 fully saturated rings. The van der Waals surface area contributed by atoms with Gasteiger partial charge in [0.05, 0.1) is 0 Å². The van der Waals surface area contributed by atoms with Crippen LogP contribution in [-0.2, 0) is 14.5 Å². The SMILES string of the molecule is C1CCCC2(CC1)OOC1(CCCCC1)O2. The van der Waals surface area contributed by atoms with E-state index in [1.165, 1.54) is 44.9 Å². The van der Waals surface area contributed by atoms with Crippen LogP contribution in [0.5, 0.6) is 0 Å². The van der Waals surface area contributed by atoms with Crippen molar-refractivity contribution < 1.29 is 14.5 Å². The second-order valence-electron chi connectivity index (χ2n) is 5.56. The third-order valence-electron chi connectivity index (χ3n) is 4.20. The van der Waals surface area contributed by atoms with Gasteiger partial charge in [-0.3, -0.25) is 0 Å². The maximum atomic E-state index is 6.25. The van der Waals surface area contributed by atoms with Crippen LogP contribution in [0.3, 0.4) is 0 Å². The average molecular weight is 226 g/mol. The second-order valence-corrected chi connectivity index (χ2v) is 5.56. The Balaban J connectivity index is 1.70. The predicted molar refractivity (Wildman–Crippen MR) is 59.5 cm³/mol. The lowest BCUT2D eigenvalue weighted by atomic mass is 9.94. The van der Waals surface area contributed by atoms with Gasteiger partial charge in [0, 0.05) is 25.7 Å². The molecule has 3 nitrogen and oxygen atoms in total. The number of ether oxygens (including phenoxy) is 1. The van der Waals surface area contributed by atoms with E-state index in [9.17, 15) is 0 Å². The van der Waals surface area contributed by atoms with Gasteiger partial charge in [-0.05, 0) is 25.7 Å². The Morgan fingerprint density at radius 2 is 0.875 bits per heavy atom. The first kappa shape index (κ1) is 11.0. The van der Waals surface area contributed by atoms with E-state index in [2.05, 4.69) is 0 Å². The summed E-state index contributed by atoms with van der Waals surface area (Å²) in [4.78, 5) is 11.2. The van der Waals surface area contributed by atoms with Gasteiger partial charge >= 0.3 is 0 Å². The van der Waals surface area contributed by atoms with Crippen molar-refractivity contribution in [1.29, 1.82) is 0 Å². The molecular weight excluding hydrogens is 204 g/mol. The highest BCUT2D eigenvalue weighted by Crippen LogP contribution is 2.47. The lowest BCUT2D eigenvalue weighted by Crippen LogP contribution is -2.37. The maximum absolute atomic E-state index is 6.25. The van der Waals surface area contributed by atoms with Crippen molar-refractivity contribution in [3.63, 3.8) is 0 Å². The minimum atomic E-state index is -0.395. The van der Waals surface area contributed by atoms with E-state index in [0.29, 0.717) is 0 Å². The van der Waals surface area contributed by atoms with E-state index < -0.39 is 5.79 Å². The van der Waals surface area contributed by atoms with Crippen LogP contribution in [0.2, 0.25) is 0 Å². The molecule has 0 unspecified atom stereocenters. The fourth-order valence-electron chi connectivity index (χ4n) is 3.25. The Morgan fingerprint density at radius 1 is 0.500 bits per heavy atom. The van der Waals surface area contributed by atoms with E-state index >= 15 is 0 Å². The molecule has 0 aromatic rings. The van der Waals surface area contributed by atoms with Crippen molar-refractivity contribution >= 4 is 0 Å². The van der Waals surface area contributed by atoms with Crippen molar-refractivity contribution in [1.82, 2.24) is 0 Å². The van der Waals surface area contributed by atoms with Gasteiger partial charge in [0.2, 0.25) is 11.6 Å². The molecule has 2 aliphatic carbocycles. The molecule has 2 saturated carbocycles. The molecular formula is C13H22O3. The zero-order valence-electron chi connectivity index (χ0n) is 10.0. The molecule has 92 valence electrons. The summed E-state index contributed by atoms with van der Waals surface area (Å²) in [5.74, 6) is -0.781. The topological polar surface area (TPSA) is 27.7 Å². The van der Waals surface area contributed by atoms with E-state index in [1.807, 2.05) is 0 Å². The lowest BCUT2D eigenvalue weighted by molar-refractivity contribution is -0.356. The van der Waals surface area contributed by atoms with Crippen LogP contribution in [0.4, 0.5) is 0 Å². The summed E-state index contributed by atoms with van der Waals surface area (Å²) >= 11 is 0. The monoisotopic (exact) mass is 226 g/mol. The van der Waals surface area contributed by atoms with Crippen molar-refractivity contribution in [3.8, 4) is 0 Å². The van der Waals surface area contributed by atoms with Crippen LogP contribution in [0, 0.1) is 0 Å². The highest BCUT2D eigenvalue weighted by Gasteiger charge is 2.52. The third kappa shape index (κ3) is 2.01. The van der Waals surface area contributed by atoms with Crippen molar-refractivity contribution in [2.75, 3.05) is 0 Å².